The van der Waals surface area contributed by atoms with Crippen molar-refractivity contribution in [3.8, 4) is 0 Å². The Morgan fingerprint density at radius 3 is 2.79 bits per heavy atom. The molecule has 136 valence electrons. The van der Waals surface area contributed by atoms with E-state index in [-0.39, 0.29) is 24.0 Å². The van der Waals surface area contributed by atoms with E-state index < -0.39 is 0 Å². The second kappa shape index (κ2) is 12.7. The Labute approximate surface area is 167 Å². The second-order valence-electron chi connectivity index (χ2n) is 5.52. The summed E-state index contributed by atoms with van der Waals surface area (Å²) in [6.07, 6.45) is 0.925. The number of nitrogens with one attached hydrogen (secondary N) is 2. The smallest absolute Gasteiger partial charge is 0.191 e. The van der Waals surface area contributed by atoms with Crippen molar-refractivity contribution in [1.29, 1.82) is 0 Å². The molecule has 24 heavy (non-hydrogen) atoms. The normalized spacial score (nSPS) is 15.7. The molecule has 0 amide bonds. The van der Waals surface area contributed by atoms with Crippen LogP contribution in [-0.2, 0) is 11.2 Å². The van der Waals surface area contributed by atoms with Gasteiger partial charge in [0, 0.05) is 37.7 Å². The Hall–Kier alpha value is -0.570. The number of rotatable bonds is 7. The maximum atomic E-state index is 6.01. The summed E-state index contributed by atoms with van der Waals surface area (Å²) in [5, 5.41) is 7.45. The van der Waals surface area contributed by atoms with Crippen molar-refractivity contribution in [3.63, 3.8) is 0 Å². The van der Waals surface area contributed by atoms with E-state index in [0.717, 1.165) is 69.9 Å². The molecule has 0 spiro atoms. The van der Waals surface area contributed by atoms with Crippen LogP contribution in [0.2, 0.25) is 5.02 Å². The predicted molar refractivity (Wildman–Crippen MR) is 112 cm³/mol. The van der Waals surface area contributed by atoms with Crippen molar-refractivity contribution in [1.82, 2.24) is 15.5 Å². The van der Waals surface area contributed by atoms with Crippen LogP contribution in [0.15, 0.2) is 29.3 Å². The Bertz CT molecular complexity index is 495. The fourth-order valence-corrected chi connectivity index (χ4v) is 2.70. The Kier molecular flexibility index (Phi) is 11.4. The average Bonchev–Trinajstić information content (AvgIpc) is 2.56. The molecule has 2 N–H and O–H groups in total. The topological polar surface area (TPSA) is 48.9 Å². The van der Waals surface area contributed by atoms with E-state index >= 15 is 0 Å². The van der Waals surface area contributed by atoms with Gasteiger partial charge >= 0.3 is 0 Å². The maximum absolute atomic E-state index is 6.01. The molecule has 1 aromatic rings. The highest BCUT2D eigenvalue weighted by Crippen LogP contribution is 2.10. The van der Waals surface area contributed by atoms with E-state index in [1.54, 1.807) is 0 Å². The summed E-state index contributed by atoms with van der Waals surface area (Å²) in [6.45, 7) is 9.24. The third-order valence-electron chi connectivity index (χ3n) is 3.73. The van der Waals surface area contributed by atoms with Crippen molar-refractivity contribution in [3.05, 3.63) is 34.9 Å². The van der Waals surface area contributed by atoms with Crippen molar-refractivity contribution in [2.75, 3.05) is 52.5 Å². The summed E-state index contributed by atoms with van der Waals surface area (Å²) in [5.74, 6) is 0.878. The minimum absolute atomic E-state index is 0. The van der Waals surface area contributed by atoms with Crippen LogP contribution in [0.1, 0.15) is 12.5 Å². The number of ether oxygens (including phenoxy) is 1. The summed E-state index contributed by atoms with van der Waals surface area (Å²) >= 11 is 6.01. The molecule has 1 heterocycles. The van der Waals surface area contributed by atoms with E-state index in [9.17, 15) is 0 Å². The van der Waals surface area contributed by atoms with E-state index in [2.05, 4.69) is 33.5 Å². The zero-order valence-electron chi connectivity index (χ0n) is 14.3. The Morgan fingerprint density at radius 2 is 2.08 bits per heavy atom. The number of guanidine groups is 1. The van der Waals surface area contributed by atoms with Gasteiger partial charge in [0.25, 0.3) is 0 Å². The van der Waals surface area contributed by atoms with Crippen molar-refractivity contribution in [2.45, 2.75) is 13.3 Å². The molecule has 7 heteroatoms. The highest BCUT2D eigenvalue weighted by molar-refractivity contribution is 14.0. The molecule has 0 bridgehead atoms. The fourth-order valence-electron chi connectivity index (χ4n) is 2.49. The number of hydrogen-bond acceptors (Lipinski definition) is 3. The van der Waals surface area contributed by atoms with Crippen LogP contribution in [0.5, 0.6) is 0 Å². The number of benzene rings is 1. The molecule has 0 unspecified atom stereocenters. The highest BCUT2D eigenvalue weighted by atomic mass is 127. The molecule has 1 fully saturated rings. The largest absolute Gasteiger partial charge is 0.379 e. The number of aliphatic imine (C=N–C) groups is 1. The van der Waals surface area contributed by atoms with Gasteiger partial charge in [0.1, 0.15) is 0 Å². The molecule has 2 rings (SSSR count). The third-order valence-corrected chi connectivity index (χ3v) is 3.96. The molecular weight excluding hydrogens is 439 g/mol. The zero-order valence-corrected chi connectivity index (χ0v) is 17.3. The first-order valence-electron chi connectivity index (χ1n) is 8.34. The van der Waals surface area contributed by atoms with E-state index in [1.807, 2.05) is 18.2 Å². The monoisotopic (exact) mass is 466 g/mol. The number of nitrogens with zero attached hydrogens (tertiary/aromatic N) is 2. The molecule has 1 saturated heterocycles. The lowest BCUT2D eigenvalue weighted by Gasteiger charge is -2.25. The first kappa shape index (κ1) is 21.5. The first-order valence-corrected chi connectivity index (χ1v) is 8.72. The minimum Gasteiger partial charge on any atom is -0.379 e. The van der Waals surface area contributed by atoms with Crippen LogP contribution in [0.4, 0.5) is 0 Å². The average molecular weight is 467 g/mol. The van der Waals surface area contributed by atoms with Crippen LogP contribution in [-0.4, -0.2) is 63.3 Å². The van der Waals surface area contributed by atoms with Gasteiger partial charge in [-0.1, -0.05) is 23.7 Å². The molecule has 0 atom stereocenters. The molecule has 1 aliphatic rings. The van der Waals surface area contributed by atoms with Gasteiger partial charge < -0.3 is 15.4 Å². The molecule has 0 aromatic heterocycles. The fraction of sp³-hybridized carbons (Fsp3) is 0.588. The number of halogens is 2. The van der Waals surface area contributed by atoms with Gasteiger partial charge in [0.2, 0.25) is 0 Å². The van der Waals surface area contributed by atoms with Crippen molar-refractivity contribution >= 4 is 41.5 Å². The number of morpholine rings is 1. The standard InChI is InChI=1S/C17H27ClN4O.HI/c1-2-19-17(21-8-9-22-10-12-23-13-11-22)20-7-6-15-4-3-5-16(18)14-15;/h3-5,14H,2,6-13H2,1H3,(H2,19,20,21);1H. The summed E-state index contributed by atoms with van der Waals surface area (Å²) < 4.78 is 5.36. The van der Waals surface area contributed by atoms with Gasteiger partial charge in [-0.15, -0.1) is 24.0 Å². The lowest BCUT2D eigenvalue weighted by Crippen LogP contribution is -2.40. The Morgan fingerprint density at radius 1 is 1.29 bits per heavy atom. The molecule has 0 saturated carbocycles. The molecule has 5 nitrogen and oxygen atoms in total. The molecule has 0 aliphatic carbocycles. The van der Waals surface area contributed by atoms with Crippen LogP contribution in [0.3, 0.4) is 0 Å². The van der Waals surface area contributed by atoms with E-state index in [1.165, 1.54) is 5.56 Å². The summed E-state index contributed by atoms with van der Waals surface area (Å²) in [4.78, 5) is 7.03. The molecular formula is C17H28ClIN4O. The van der Waals surface area contributed by atoms with E-state index in [0.29, 0.717) is 0 Å². The minimum atomic E-state index is 0. The zero-order chi connectivity index (χ0) is 16.3. The lowest BCUT2D eigenvalue weighted by atomic mass is 10.1. The van der Waals surface area contributed by atoms with Crippen LogP contribution in [0, 0.1) is 0 Å². The van der Waals surface area contributed by atoms with Gasteiger partial charge in [-0.3, -0.25) is 9.89 Å². The van der Waals surface area contributed by atoms with Crippen molar-refractivity contribution in [2.24, 2.45) is 4.99 Å². The third kappa shape index (κ3) is 8.50. The predicted octanol–water partition coefficient (Wildman–Crippen LogP) is 2.39. The SMILES string of the molecule is CCNC(=NCCN1CCOCC1)NCCc1cccc(Cl)c1.I. The first-order chi connectivity index (χ1) is 11.3. The van der Waals surface area contributed by atoms with Gasteiger partial charge in [-0.2, -0.15) is 0 Å². The van der Waals surface area contributed by atoms with Gasteiger partial charge in [-0.25, -0.2) is 0 Å². The number of hydrogen-bond donors (Lipinski definition) is 2. The Balaban J connectivity index is 0.00000288. The molecule has 0 radical (unpaired) electrons. The highest BCUT2D eigenvalue weighted by Gasteiger charge is 2.09. The van der Waals surface area contributed by atoms with E-state index in [4.69, 9.17) is 16.3 Å². The van der Waals surface area contributed by atoms with Crippen LogP contribution in [0.25, 0.3) is 0 Å². The summed E-state index contributed by atoms with van der Waals surface area (Å²) in [5.41, 5.74) is 1.23. The van der Waals surface area contributed by atoms with Crippen LogP contribution < -0.4 is 10.6 Å². The van der Waals surface area contributed by atoms with Gasteiger partial charge in [0.15, 0.2) is 5.96 Å². The summed E-state index contributed by atoms with van der Waals surface area (Å²) in [7, 11) is 0. The maximum Gasteiger partial charge on any atom is 0.191 e. The quantitative estimate of drug-likeness (QED) is 0.368. The lowest BCUT2D eigenvalue weighted by molar-refractivity contribution is 0.0394. The molecule has 1 aromatic carbocycles. The van der Waals surface area contributed by atoms with Crippen molar-refractivity contribution < 1.29 is 4.74 Å². The summed E-state index contributed by atoms with van der Waals surface area (Å²) in [6, 6.07) is 7.98. The molecule has 1 aliphatic heterocycles. The van der Waals surface area contributed by atoms with Crippen LogP contribution >= 0.6 is 35.6 Å². The van der Waals surface area contributed by atoms with Gasteiger partial charge in [0.05, 0.1) is 19.8 Å². The van der Waals surface area contributed by atoms with Gasteiger partial charge in [-0.05, 0) is 31.0 Å². The second-order valence-corrected chi connectivity index (χ2v) is 5.96.